The first kappa shape index (κ1) is 20.5. The number of aromatic nitrogens is 4. The number of ether oxygens (including phenoxy) is 1. The molecule has 3 aromatic rings. The second kappa shape index (κ2) is 8.00. The minimum absolute atomic E-state index is 0.190. The largest absolute Gasteiger partial charge is 0.495 e. The van der Waals surface area contributed by atoms with E-state index in [-0.39, 0.29) is 11.3 Å². The van der Waals surface area contributed by atoms with Crippen LogP contribution in [0.5, 0.6) is 5.75 Å². The van der Waals surface area contributed by atoms with Gasteiger partial charge < -0.3 is 9.84 Å². The smallest absolute Gasteiger partial charge is 0.326 e. The molecule has 0 radical (unpaired) electrons. The van der Waals surface area contributed by atoms with E-state index in [0.717, 1.165) is 15.4 Å². The molecule has 0 saturated heterocycles. The molecule has 0 bridgehead atoms. The molecule has 0 amide bonds. The van der Waals surface area contributed by atoms with Gasteiger partial charge in [0.05, 0.1) is 25.2 Å². The number of hydrogen-bond donors (Lipinski definition) is 1. The van der Waals surface area contributed by atoms with Crippen molar-refractivity contribution in [3.63, 3.8) is 0 Å². The zero-order valence-corrected chi connectivity index (χ0v) is 16.0. The molecule has 0 aliphatic rings. The Hall–Kier alpha value is -3.27. The Labute approximate surface area is 167 Å². The van der Waals surface area contributed by atoms with Crippen LogP contribution in [-0.4, -0.2) is 37.7 Å². The molecule has 1 N–H and O–H groups in total. The summed E-state index contributed by atoms with van der Waals surface area (Å²) in [5, 5.41) is 16.7. The van der Waals surface area contributed by atoms with Gasteiger partial charge >= 0.3 is 5.97 Å². The number of carbonyl (C=O) groups is 1. The number of carboxylic acids is 1. The number of halogens is 3. The van der Waals surface area contributed by atoms with Gasteiger partial charge in [0.15, 0.2) is 0 Å². The fourth-order valence-corrected chi connectivity index (χ4v) is 2.91. The minimum Gasteiger partial charge on any atom is -0.495 e. The summed E-state index contributed by atoms with van der Waals surface area (Å²) in [4.78, 5) is 23.8. The zero-order valence-electron chi connectivity index (χ0n) is 15.2. The summed E-state index contributed by atoms with van der Waals surface area (Å²) in [6.07, 6.45) is -0.458. The van der Waals surface area contributed by atoms with Crippen LogP contribution in [-0.2, 0) is 4.79 Å². The number of alkyl halides is 2. The van der Waals surface area contributed by atoms with E-state index in [2.05, 4.69) is 10.3 Å². The highest BCUT2D eigenvalue weighted by molar-refractivity contribution is 6.31. The standard InChI is InChI=1S/C18H15ClF2N4O4/c1-9(18(27)28)24-8-15(29-2)12(6-16(24)26)11-5-10(19)3-4-14(11)25-7-13(17(20)21)22-23-25/h3-9,17H,1-2H3,(H,27,28). The molecule has 0 spiro atoms. The molecule has 0 fully saturated rings. The number of pyridine rings is 1. The third kappa shape index (κ3) is 3.97. The normalized spacial score (nSPS) is 12.2. The summed E-state index contributed by atoms with van der Waals surface area (Å²) in [6, 6.07) is 4.66. The fraction of sp³-hybridized carbons (Fsp3) is 0.222. The Bertz CT molecular complexity index is 1130. The maximum Gasteiger partial charge on any atom is 0.326 e. The Kier molecular flexibility index (Phi) is 5.64. The number of hydrogen-bond acceptors (Lipinski definition) is 5. The van der Waals surface area contributed by atoms with E-state index >= 15 is 0 Å². The summed E-state index contributed by atoms with van der Waals surface area (Å²) in [7, 11) is 1.35. The molecular formula is C18H15ClF2N4O4. The number of carboxylic acid groups (broad SMARTS) is 1. The number of benzene rings is 1. The predicted molar refractivity (Wildman–Crippen MR) is 99.9 cm³/mol. The first-order valence-corrected chi connectivity index (χ1v) is 8.64. The van der Waals surface area contributed by atoms with Gasteiger partial charge in [-0.1, -0.05) is 16.8 Å². The van der Waals surface area contributed by atoms with Crippen LogP contribution in [0.1, 0.15) is 25.1 Å². The van der Waals surface area contributed by atoms with E-state index in [0.29, 0.717) is 16.3 Å². The van der Waals surface area contributed by atoms with Crippen molar-refractivity contribution in [3.8, 4) is 22.6 Å². The van der Waals surface area contributed by atoms with Gasteiger partial charge in [-0.2, -0.15) is 0 Å². The maximum atomic E-state index is 12.9. The lowest BCUT2D eigenvalue weighted by molar-refractivity contribution is -0.140. The monoisotopic (exact) mass is 424 g/mol. The van der Waals surface area contributed by atoms with E-state index in [1.807, 2.05) is 0 Å². The Morgan fingerprint density at radius 1 is 1.24 bits per heavy atom. The summed E-state index contributed by atoms with van der Waals surface area (Å²) in [6.45, 7) is 1.36. The quantitative estimate of drug-likeness (QED) is 0.651. The SMILES string of the molecule is COc1cn(C(C)C(=O)O)c(=O)cc1-c1cc(Cl)ccc1-n1cc(C(F)F)nn1. The molecule has 1 unspecified atom stereocenters. The van der Waals surface area contributed by atoms with Gasteiger partial charge in [-0.05, 0) is 25.1 Å². The van der Waals surface area contributed by atoms with Crippen molar-refractivity contribution in [2.75, 3.05) is 7.11 Å². The van der Waals surface area contributed by atoms with Crippen LogP contribution in [0.4, 0.5) is 8.78 Å². The lowest BCUT2D eigenvalue weighted by Gasteiger charge is -2.17. The maximum absolute atomic E-state index is 12.9. The molecule has 2 heterocycles. The van der Waals surface area contributed by atoms with Crippen molar-refractivity contribution in [2.45, 2.75) is 19.4 Å². The average molecular weight is 425 g/mol. The van der Waals surface area contributed by atoms with Gasteiger partial charge in [0.1, 0.15) is 17.5 Å². The minimum atomic E-state index is -2.80. The molecule has 0 saturated carbocycles. The molecule has 2 aromatic heterocycles. The molecule has 1 atom stereocenters. The number of nitrogens with zero attached hydrogens (tertiary/aromatic N) is 4. The molecule has 29 heavy (non-hydrogen) atoms. The molecule has 1 aromatic carbocycles. The van der Waals surface area contributed by atoms with Gasteiger partial charge in [0, 0.05) is 22.2 Å². The number of methoxy groups -OCH3 is 1. The van der Waals surface area contributed by atoms with Crippen molar-refractivity contribution in [1.29, 1.82) is 0 Å². The zero-order chi connectivity index (χ0) is 21.3. The van der Waals surface area contributed by atoms with Crippen molar-refractivity contribution in [2.24, 2.45) is 0 Å². The highest BCUT2D eigenvalue weighted by Crippen LogP contribution is 2.35. The third-order valence-electron chi connectivity index (χ3n) is 4.27. The first-order valence-electron chi connectivity index (χ1n) is 8.26. The summed E-state index contributed by atoms with van der Waals surface area (Å²) in [5.41, 5.74) is -0.113. The van der Waals surface area contributed by atoms with Gasteiger partial charge in [-0.15, -0.1) is 5.10 Å². The van der Waals surface area contributed by atoms with Gasteiger partial charge in [-0.3, -0.25) is 9.36 Å². The topological polar surface area (TPSA) is 99.2 Å². The predicted octanol–water partition coefficient (Wildman–Crippen LogP) is 3.34. The summed E-state index contributed by atoms with van der Waals surface area (Å²) < 4.78 is 33.3. The van der Waals surface area contributed by atoms with Crippen LogP contribution in [0.3, 0.4) is 0 Å². The van der Waals surface area contributed by atoms with E-state index in [4.69, 9.17) is 16.3 Å². The van der Waals surface area contributed by atoms with Gasteiger partial charge in [0.2, 0.25) is 0 Å². The Morgan fingerprint density at radius 3 is 2.55 bits per heavy atom. The molecule has 0 aliphatic carbocycles. The van der Waals surface area contributed by atoms with Crippen molar-refractivity contribution in [3.05, 3.63) is 57.7 Å². The average Bonchev–Trinajstić information content (AvgIpc) is 3.17. The van der Waals surface area contributed by atoms with Crippen molar-refractivity contribution in [1.82, 2.24) is 19.6 Å². The summed E-state index contributed by atoms with van der Waals surface area (Å²) >= 11 is 6.10. The van der Waals surface area contributed by atoms with E-state index in [9.17, 15) is 23.5 Å². The van der Waals surface area contributed by atoms with Crippen LogP contribution in [0.2, 0.25) is 5.02 Å². The molecular weight excluding hydrogens is 410 g/mol. The first-order chi connectivity index (χ1) is 13.7. The Morgan fingerprint density at radius 2 is 1.97 bits per heavy atom. The van der Waals surface area contributed by atoms with Crippen LogP contribution in [0.15, 0.2) is 41.5 Å². The van der Waals surface area contributed by atoms with E-state index < -0.39 is 29.7 Å². The summed E-state index contributed by atoms with van der Waals surface area (Å²) in [5.74, 6) is -0.997. The number of aliphatic carboxylic acids is 1. The van der Waals surface area contributed by atoms with Crippen molar-refractivity contribution >= 4 is 17.6 Å². The van der Waals surface area contributed by atoms with Crippen molar-refractivity contribution < 1.29 is 23.4 Å². The third-order valence-corrected chi connectivity index (χ3v) is 4.50. The van der Waals surface area contributed by atoms with E-state index in [1.54, 1.807) is 0 Å². The van der Waals surface area contributed by atoms with Gasteiger partial charge in [0.25, 0.3) is 12.0 Å². The van der Waals surface area contributed by atoms with E-state index in [1.165, 1.54) is 44.5 Å². The Balaban J connectivity index is 2.22. The van der Waals surface area contributed by atoms with Crippen LogP contribution in [0.25, 0.3) is 16.8 Å². The molecule has 3 rings (SSSR count). The second-order valence-electron chi connectivity index (χ2n) is 6.07. The number of rotatable bonds is 6. The highest BCUT2D eigenvalue weighted by atomic mass is 35.5. The fourth-order valence-electron chi connectivity index (χ4n) is 2.74. The lowest BCUT2D eigenvalue weighted by Crippen LogP contribution is -2.27. The highest BCUT2D eigenvalue weighted by Gasteiger charge is 2.21. The molecule has 8 nitrogen and oxygen atoms in total. The molecule has 152 valence electrons. The second-order valence-corrected chi connectivity index (χ2v) is 6.50. The van der Waals surface area contributed by atoms with Gasteiger partial charge in [-0.25, -0.2) is 18.3 Å². The molecule has 11 heteroatoms. The lowest BCUT2D eigenvalue weighted by atomic mass is 10.0. The van der Waals surface area contributed by atoms with Crippen LogP contribution >= 0.6 is 11.6 Å². The van der Waals surface area contributed by atoms with Crippen LogP contribution < -0.4 is 10.3 Å². The van der Waals surface area contributed by atoms with Crippen LogP contribution in [0, 0.1) is 0 Å². The molecule has 0 aliphatic heterocycles.